The molecule has 0 aliphatic rings. The number of carbonyl (C=O) groups excluding carboxylic acids is 1. The van der Waals surface area contributed by atoms with Crippen molar-refractivity contribution in [1.82, 2.24) is 4.98 Å². The van der Waals surface area contributed by atoms with E-state index in [9.17, 15) is 4.79 Å². The van der Waals surface area contributed by atoms with Crippen molar-refractivity contribution < 1.29 is 9.53 Å². The third-order valence-electron chi connectivity index (χ3n) is 3.40. The first kappa shape index (κ1) is 18.8. The van der Waals surface area contributed by atoms with Crippen molar-refractivity contribution in [2.75, 3.05) is 11.9 Å². The summed E-state index contributed by atoms with van der Waals surface area (Å²) in [5, 5.41) is 3.63. The van der Waals surface area contributed by atoms with E-state index in [0.29, 0.717) is 27.2 Å². The Balaban J connectivity index is 1.61. The summed E-state index contributed by atoms with van der Waals surface area (Å²) < 4.78 is 5.42. The van der Waals surface area contributed by atoms with Crippen LogP contribution < -0.4 is 10.1 Å². The molecule has 0 radical (unpaired) electrons. The number of carbonyl (C=O) groups is 1. The van der Waals surface area contributed by atoms with Gasteiger partial charge in [-0.2, -0.15) is 0 Å². The molecule has 1 heterocycles. The van der Waals surface area contributed by atoms with Gasteiger partial charge >= 0.3 is 0 Å². The number of halogens is 2. The quantitative estimate of drug-likeness (QED) is 0.643. The predicted molar refractivity (Wildman–Crippen MR) is 107 cm³/mol. The van der Waals surface area contributed by atoms with E-state index in [2.05, 4.69) is 22.1 Å². The minimum Gasteiger partial charge on any atom is -0.482 e. The Kier molecular flexibility index (Phi) is 6.32. The van der Waals surface area contributed by atoms with Crippen LogP contribution in [0.1, 0.15) is 11.3 Å². The molecule has 0 aliphatic heterocycles. The molecule has 0 unspecified atom stereocenters. The van der Waals surface area contributed by atoms with Crippen LogP contribution in [0.5, 0.6) is 5.75 Å². The average molecular weight is 397 g/mol. The molecule has 3 rings (SSSR count). The van der Waals surface area contributed by atoms with Crippen molar-refractivity contribution in [2.45, 2.75) is 0 Å². The first-order valence-electron chi connectivity index (χ1n) is 8.01. The zero-order chi connectivity index (χ0) is 19.1. The van der Waals surface area contributed by atoms with Gasteiger partial charge in [0.15, 0.2) is 6.61 Å². The van der Waals surface area contributed by atoms with Gasteiger partial charge in [0, 0.05) is 28.5 Å². The summed E-state index contributed by atoms with van der Waals surface area (Å²) >= 11 is 11.9. The molecule has 1 aromatic heterocycles. The number of nitrogens with one attached hydrogen (secondary N) is 1. The van der Waals surface area contributed by atoms with Crippen molar-refractivity contribution in [1.29, 1.82) is 0 Å². The summed E-state index contributed by atoms with van der Waals surface area (Å²) in [7, 11) is 0. The molecule has 0 saturated carbocycles. The fourth-order valence-electron chi connectivity index (χ4n) is 2.18. The molecule has 2 aromatic carbocycles. The van der Waals surface area contributed by atoms with Gasteiger partial charge < -0.3 is 10.1 Å². The maximum atomic E-state index is 12.1. The summed E-state index contributed by atoms with van der Waals surface area (Å²) in [6, 6.07) is 17.6. The van der Waals surface area contributed by atoms with Gasteiger partial charge in [0.25, 0.3) is 5.91 Å². The SMILES string of the molecule is O=C(COc1cc(Cl)ccc1Cl)Nc1cccc(C#Cc2ccccn2)c1. The van der Waals surface area contributed by atoms with Crippen LogP contribution in [0.25, 0.3) is 0 Å². The molecule has 27 heavy (non-hydrogen) atoms. The van der Waals surface area contributed by atoms with Crippen LogP contribution >= 0.6 is 23.2 Å². The molecule has 1 N–H and O–H groups in total. The zero-order valence-corrected chi connectivity index (χ0v) is 15.6. The lowest BCUT2D eigenvalue weighted by Crippen LogP contribution is -2.20. The summed E-state index contributed by atoms with van der Waals surface area (Å²) in [5.41, 5.74) is 2.06. The molecule has 0 aliphatic carbocycles. The van der Waals surface area contributed by atoms with E-state index < -0.39 is 0 Å². The van der Waals surface area contributed by atoms with E-state index in [0.717, 1.165) is 5.56 Å². The Labute approximate surface area is 167 Å². The molecule has 0 atom stereocenters. The predicted octanol–water partition coefficient (Wildman–Crippen LogP) is 4.81. The molecular formula is C21H14Cl2N2O2. The highest BCUT2D eigenvalue weighted by atomic mass is 35.5. The van der Waals surface area contributed by atoms with Crippen molar-refractivity contribution in [3.05, 3.63) is 88.2 Å². The second kappa shape index (κ2) is 9.09. The lowest BCUT2D eigenvalue weighted by molar-refractivity contribution is -0.118. The van der Waals surface area contributed by atoms with Gasteiger partial charge in [-0.3, -0.25) is 4.79 Å². The van der Waals surface area contributed by atoms with Crippen LogP contribution in [-0.2, 0) is 4.79 Å². The van der Waals surface area contributed by atoms with Crippen LogP contribution in [0.15, 0.2) is 66.9 Å². The molecule has 1 amide bonds. The molecule has 0 fully saturated rings. The van der Waals surface area contributed by atoms with Gasteiger partial charge in [0.05, 0.1) is 5.02 Å². The number of ether oxygens (including phenoxy) is 1. The second-order valence-corrected chi connectivity index (χ2v) is 6.30. The lowest BCUT2D eigenvalue weighted by Gasteiger charge is -2.09. The second-order valence-electron chi connectivity index (χ2n) is 5.46. The lowest BCUT2D eigenvalue weighted by atomic mass is 10.2. The zero-order valence-electron chi connectivity index (χ0n) is 14.1. The largest absolute Gasteiger partial charge is 0.482 e. The average Bonchev–Trinajstić information content (AvgIpc) is 2.68. The topological polar surface area (TPSA) is 51.2 Å². The van der Waals surface area contributed by atoms with E-state index in [1.54, 1.807) is 36.5 Å². The summed E-state index contributed by atoms with van der Waals surface area (Å²) in [6.07, 6.45) is 1.69. The number of rotatable bonds is 4. The number of benzene rings is 2. The van der Waals surface area contributed by atoms with Crippen LogP contribution in [0, 0.1) is 11.8 Å². The third kappa shape index (κ3) is 5.75. The fraction of sp³-hybridized carbons (Fsp3) is 0.0476. The third-order valence-corrected chi connectivity index (χ3v) is 3.95. The van der Waals surface area contributed by atoms with Crippen molar-refractivity contribution in [2.24, 2.45) is 0 Å². The number of hydrogen-bond donors (Lipinski definition) is 1. The van der Waals surface area contributed by atoms with Crippen molar-refractivity contribution in [3.63, 3.8) is 0 Å². The minimum atomic E-state index is -0.319. The Morgan fingerprint density at radius 2 is 1.93 bits per heavy atom. The van der Waals surface area contributed by atoms with Crippen molar-refractivity contribution in [3.8, 4) is 17.6 Å². The molecular weight excluding hydrogens is 383 g/mol. The molecule has 4 nitrogen and oxygen atoms in total. The van der Waals surface area contributed by atoms with E-state index in [-0.39, 0.29) is 12.5 Å². The first-order valence-corrected chi connectivity index (χ1v) is 8.76. The van der Waals surface area contributed by atoms with E-state index in [1.807, 2.05) is 30.3 Å². The number of anilines is 1. The smallest absolute Gasteiger partial charge is 0.262 e. The highest BCUT2D eigenvalue weighted by molar-refractivity contribution is 6.34. The Bertz CT molecular complexity index is 1010. The van der Waals surface area contributed by atoms with Gasteiger partial charge in [-0.15, -0.1) is 0 Å². The highest BCUT2D eigenvalue weighted by Crippen LogP contribution is 2.27. The maximum Gasteiger partial charge on any atom is 0.262 e. The van der Waals surface area contributed by atoms with Crippen LogP contribution in [0.4, 0.5) is 5.69 Å². The Morgan fingerprint density at radius 3 is 2.74 bits per heavy atom. The maximum absolute atomic E-state index is 12.1. The van der Waals surface area contributed by atoms with Gasteiger partial charge in [-0.1, -0.05) is 41.3 Å². The fourth-order valence-corrected chi connectivity index (χ4v) is 2.51. The molecule has 3 aromatic rings. The van der Waals surface area contributed by atoms with E-state index >= 15 is 0 Å². The number of hydrogen-bond acceptors (Lipinski definition) is 3. The minimum absolute atomic E-state index is 0.191. The van der Waals surface area contributed by atoms with Crippen LogP contribution in [0.2, 0.25) is 10.0 Å². The Morgan fingerprint density at radius 1 is 1.04 bits per heavy atom. The molecule has 6 heteroatoms. The molecule has 134 valence electrons. The van der Waals surface area contributed by atoms with E-state index in [1.165, 1.54) is 0 Å². The summed E-state index contributed by atoms with van der Waals surface area (Å²) in [5.74, 6) is 6.03. The molecule has 0 spiro atoms. The number of aromatic nitrogens is 1. The number of amides is 1. The van der Waals surface area contributed by atoms with E-state index in [4.69, 9.17) is 27.9 Å². The number of pyridine rings is 1. The van der Waals surface area contributed by atoms with Gasteiger partial charge in [-0.25, -0.2) is 4.98 Å². The van der Waals surface area contributed by atoms with Crippen LogP contribution in [-0.4, -0.2) is 17.5 Å². The highest BCUT2D eigenvalue weighted by Gasteiger charge is 2.07. The van der Waals surface area contributed by atoms with Crippen molar-refractivity contribution >= 4 is 34.8 Å². The summed E-state index contributed by atoms with van der Waals surface area (Å²) in [6.45, 7) is -0.191. The summed E-state index contributed by atoms with van der Waals surface area (Å²) in [4.78, 5) is 16.3. The molecule has 0 saturated heterocycles. The van der Waals surface area contributed by atoms with Crippen LogP contribution in [0.3, 0.4) is 0 Å². The van der Waals surface area contributed by atoms with Gasteiger partial charge in [0.1, 0.15) is 11.4 Å². The molecule has 0 bridgehead atoms. The normalized spacial score (nSPS) is 9.85. The number of nitrogens with zero attached hydrogens (tertiary/aromatic N) is 1. The Hall–Kier alpha value is -3.00. The van der Waals surface area contributed by atoms with Gasteiger partial charge in [0.2, 0.25) is 0 Å². The standard InChI is InChI=1S/C21H14Cl2N2O2/c22-16-8-10-19(23)20(13-16)27-14-21(26)25-18-6-3-4-15(12-18)7-9-17-5-1-2-11-24-17/h1-6,8,10-13H,14H2,(H,25,26). The van der Waals surface area contributed by atoms with Gasteiger partial charge in [-0.05, 0) is 48.4 Å². The first-order chi connectivity index (χ1) is 13.1. The monoisotopic (exact) mass is 396 g/mol.